The molecular weight excluding hydrogens is 280 g/mol. The molecule has 0 aliphatic carbocycles. The van der Waals surface area contributed by atoms with Crippen molar-refractivity contribution in [1.82, 2.24) is 9.88 Å². The average molecular weight is 300 g/mol. The summed E-state index contributed by atoms with van der Waals surface area (Å²) in [6, 6.07) is 8.25. The highest BCUT2D eigenvalue weighted by Crippen LogP contribution is 2.27. The van der Waals surface area contributed by atoms with E-state index in [0.29, 0.717) is 0 Å². The van der Waals surface area contributed by atoms with Crippen molar-refractivity contribution in [3.63, 3.8) is 0 Å². The van der Waals surface area contributed by atoms with Gasteiger partial charge in [0, 0.05) is 18.7 Å². The van der Waals surface area contributed by atoms with Gasteiger partial charge in [-0.1, -0.05) is 30.7 Å². The number of amides is 1. The second kappa shape index (κ2) is 5.98. The molecule has 1 fully saturated rings. The van der Waals surface area contributed by atoms with Crippen LogP contribution in [0, 0.1) is 12.8 Å². The Bertz CT molecular complexity index is 642. The number of hydrogen-bond donors (Lipinski definition) is 0. The average Bonchev–Trinajstić information content (AvgIpc) is 2.97. The van der Waals surface area contributed by atoms with Crippen LogP contribution in [-0.4, -0.2) is 28.9 Å². The van der Waals surface area contributed by atoms with Crippen LogP contribution >= 0.6 is 11.3 Å². The Kier molecular flexibility index (Phi) is 4.06. The van der Waals surface area contributed by atoms with E-state index in [-0.39, 0.29) is 5.91 Å². The largest absolute Gasteiger partial charge is 0.338 e. The molecule has 21 heavy (non-hydrogen) atoms. The van der Waals surface area contributed by atoms with Crippen LogP contribution in [0.1, 0.15) is 35.0 Å². The third kappa shape index (κ3) is 3.16. The van der Waals surface area contributed by atoms with E-state index in [1.165, 1.54) is 16.9 Å². The van der Waals surface area contributed by atoms with Crippen molar-refractivity contribution in [1.29, 1.82) is 0 Å². The summed E-state index contributed by atoms with van der Waals surface area (Å²) in [5, 5.41) is 0.924. The number of nitrogens with zero attached hydrogens (tertiary/aromatic N) is 2. The van der Waals surface area contributed by atoms with Gasteiger partial charge in [-0.15, -0.1) is 11.3 Å². The van der Waals surface area contributed by atoms with Gasteiger partial charge < -0.3 is 4.90 Å². The molecule has 1 aliphatic heterocycles. The van der Waals surface area contributed by atoms with Crippen LogP contribution in [0.4, 0.5) is 0 Å². The lowest BCUT2D eigenvalue weighted by Gasteiger charge is -2.29. The first-order valence-electron chi connectivity index (χ1n) is 7.45. The first-order chi connectivity index (χ1) is 10.1. The number of benzene rings is 1. The minimum absolute atomic E-state index is 0.137. The van der Waals surface area contributed by atoms with E-state index in [1.54, 1.807) is 6.20 Å². The van der Waals surface area contributed by atoms with Gasteiger partial charge in [0.2, 0.25) is 0 Å². The number of aromatic nitrogens is 1. The molecule has 0 unspecified atom stereocenters. The fourth-order valence-corrected chi connectivity index (χ4v) is 3.53. The summed E-state index contributed by atoms with van der Waals surface area (Å²) in [5.74, 6) is 0.872. The molecule has 110 valence electrons. The molecule has 2 heterocycles. The molecule has 0 saturated carbocycles. The molecule has 1 saturated heterocycles. The summed E-state index contributed by atoms with van der Waals surface area (Å²) in [6.45, 7) is 6.07. The highest BCUT2D eigenvalue weighted by molar-refractivity contribution is 7.16. The topological polar surface area (TPSA) is 33.2 Å². The molecular formula is C17H20N2OS. The lowest BCUT2D eigenvalue weighted by molar-refractivity contribution is 0.0702. The molecule has 1 aromatic carbocycles. The number of hydrogen-bond acceptors (Lipinski definition) is 3. The van der Waals surface area contributed by atoms with Crippen molar-refractivity contribution in [2.24, 2.45) is 5.92 Å². The zero-order valence-corrected chi connectivity index (χ0v) is 13.3. The predicted molar refractivity (Wildman–Crippen MR) is 86.6 cm³/mol. The number of likely N-dealkylation sites (tertiary alicyclic amines) is 1. The fourth-order valence-electron chi connectivity index (χ4n) is 2.65. The van der Waals surface area contributed by atoms with Gasteiger partial charge in [-0.25, -0.2) is 4.98 Å². The minimum Gasteiger partial charge on any atom is -0.338 e. The first kappa shape index (κ1) is 14.3. The molecule has 0 N–H and O–H groups in total. The molecule has 3 nitrogen and oxygen atoms in total. The van der Waals surface area contributed by atoms with Gasteiger partial charge in [0.05, 0.1) is 6.20 Å². The second-order valence-corrected chi connectivity index (χ2v) is 6.90. The quantitative estimate of drug-likeness (QED) is 0.840. The number of carbonyl (C=O) groups is 1. The molecule has 0 bridgehead atoms. The molecule has 0 atom stereocenters. The van der Waals surface area contributed by atoms with Crippen molar-refractivity contribution in [3.8, 4) is 10.6 Å². The molecule has 0 spiro atoms. The number of thiazole rings is 1. The maximum Gasteiger partial charge on any atom is 0.265 e. The minimum atomic E-state index is 0.137. The number of aryl methyl sites for hydroxylation is 1. The SMILES string of the molecule is Cc1cccc(-c2ncc(C(=O)N3CCC(C)CC3)s2)c1. The van der Waals surface area contributed by atoms with E-state index in [4.69, 9.17) is 0 Å². The van der Waals surface area contributed by atoms with Gasteiger partial charge in [-0.05, 0) is 31.7 Å². The van der Waals surface area contributed by atoms with Crippen LogP contribution in [0.2, 0.25) is 0 Å². The number of rotatable bonds is 2. The van der Waals surface area contributed by atoms with E-state index in [1.807, 2.05) is 17.0 Å². The Morgan fingerprint density at radius 1 is 1.33 bits per heavy atom. The maximum atomic E-state index is 12.5. The first-order valence-corrected chi connectivity index (χ1v) is 8.27. The number of piperidine rings is 1. The van der Waals surface area contributed by atoms with Crippen molar-refractivity contribution < 1.29 is 4.79 Å². The Morgan fingerprint density at radius 3 is 2.81 bits per heavy atom. The third-order valence-electron chi connectivity index (χ3n) is 4.05. The van der Waals surface area contributed by atoms with Gasteiger partial charge in [-0.2, -0.15) is 0 Å². The standard InChI is InChI=1S/C17H20N2OS/c1-12-6-8-19(9-7-12)17(20)15-11-18-16(21-15)14-5-3-4-13(2)10-14/h3-5,10-12H,6-9H2,1-2H3. The summed E-state index contributed by atoms with van der Waals surface area (Å²) in [6.07, 6.45) is 3.94. The maximum absolute atomic E-state index is 12.5. The number of carbonyl (C=O) groups excluding carboxylic acids is 1. The van der Waals surface area contributed by atoms with Crippen LogP contribution in [0.5, 0.6) is 0 Å². The molecule has 1 aromatic heterocycles. The smallest absolute Gasteiger partial charge is 0.265 e. The van der Waals surface area contributed by atoms with E-state index in [0.717, 1.165) is 47.3 Å². The van der Waals surface area contributed by atoms with E-state index < -0.39 is 0 Å². The van der Waals surface area contributed by atoms with E-state index in [9.17, 15) is 4.79 Å². The van der Waals surface area contributed by atoms with Crippen LogP contribution < -0.4 is 0 Å². The van der Waals surface area contributed by atoms with Crippen LogP contribution in [-0.2, 0) is 0 Å². The fraction of sp³-hybridized carbons (Fsp3) is 0.412. The molecule has 1 amide bonds. The summed E-state index contributed by atoms with van der Waals surface area (Å²) in [4.78, 5) is 19.7. The Balaban J connectivity index is 1.77. The predicted octanol–water partition coefficient (Wildman–Crippen LogP) is 3.99. The monoisotopic (exact) mass is 300 g/mol. The summed E-state index contributed by atoms with van der Waals surface area (Å²) in [7, 11) is 0. The van der Waals surface area contributed by atoms with Crippen LogP contribution in [0.3, 0.4) is 0 Å². The van der Waals surface area contributed by atoms with E-state index >= 15 is 0 Å². The summed E-state index contributed by atoms with van der Waals surface area (Å²) < 4.78 is 0. The lowest BCUT2D eigenvalue weighted by Crippen LogP contribution is -2.37. The van der Waals surface area contributed by atoms with Gasteiger partial charge in [0.15, 0.2) is 0 Å². The van der Waals surface area contributed by atoms with Gasteiger partial charge in [0.1, 0.15) is 9.88 Å². The lowest BCUT2D eigenvalue weighted by atomic mass is 9.99. The summed E-state index contributed by atoms with van der Waals surface area (Å²) in [5.41, 5.74) is 2.30. The second-order valence-electron chi connectivity index (χ2n) is 5.87. The van der Waals surface area contributed by atoms with Crippen LogP contribution in [0.25, 0.3) is 10.6 Å². The van der Waals surface area contributed by atoms with E-state index in [2.05, 4.69) is 31.0 Å². The molecule has 1 aliphatic rings. The zero-order valence-electron chi connectivity index (χ0n) is 12.5. The van der Waals surface area contributed by atoms with Gasteiger partial charge in [0.25, 0.3) is 5.91 Å². The molecule has 4 heteroatoms. The highest BCUT2D eigenvalue weighted by atomic mass is 32.1. The Morgan fingerprint density at radius 2 is 2.10 bits per heavy atom. The third-order valence-corrected chi connectivity index (χ3v) is 5.09. The van der Waals surface area contributed by atoms with Gasteiger partial charge >= 0.3 is 0 Å². The molecule has 3 rings (SSSR count). The molecule has 0 radical (unpaired) electrons. The van der Waals surface area contributed by atoms with Crippen molar-refractivity contribution in [2.45, 2.75) is 26.7 Å². The van der Waals surface area contributed by atoms with Crippen molar-refractivity contribution in [3.05, 3.63) is 40.9 Å². The van der Waals surface area contributed by atoms with Crippen LogP contribution in [0.15, 0.2) is 30.5 Å². The zero-order chi connectivity index (χ0) is 14.8. The van der Waals surface area contributed by atoms with Crippen molar-refractivity contribution in [2.75, 3.05) is 13.1 Å². The van der Waals surface area contributed by atoms with Gasteiger partial charge in [-0.3, -0.25) is 4.79 Å². The summed E-state index contributed by atoms with van der Waals surface area (Å²) >= 11 is 1.49. The molecule has 2 aromatic rings. The normalized spacial score (nSPS) is 16.2. The Labute approximate surface area is 129 Å². The van der Waals surface area contributed by atoms with Crippen molar-refractivity contribution >= 4 is 17.2 Å². The Hall–Kier alpha value is -1.68. The highest BCUT2D eigenvalue weighted by Gasteiger charge is 2.23.